The van der Waals surface area contributed by atoms with Crippen LogP contribution in [-0.2, 0) is 0 Å². The Hall–Kier alpha value is -3.06. The van der Waals surface area contributed by atoms with E-state index in [-0.39, 0.29) is 11.8 Å². The van der Waals surface area contributed by atoms with Gasteiger partial charge in [0.15, 0.2) is 5.82 Å². The van der Waals surface area contributed by atoms with E-state index in [1.165, 1.54) is 0 Å². The van der Waals surface area contributed by atoms with Crippen LogP contribution in [0.25, 0.3) is 16.8 Å². The first-order chi connectivity index (χ1) is 14.1. The van der Waals surface area contributed by atoms with Gasteiger partial charge in [-0.1, -0.05) is 43.7 Å². The van der Waals surface area contributed by atoms with Gasteiger partial charge in [-0.3, -0.25) is 4.79 Å². The summed E-state index contributed by atoms with van der Waals surface area (Å²) in [5, 5.41) is 25.2. The summed E-state index contributed by atoms with van der Waals surface area (Å²) >= 11 is 0. The molecule has 0 saturated carbocycles. The van der Waals surface area contributed by atoms with Crippen LogP contribution in [0.3, 0.4) is 0 Å². The first-order valence-corrected chi connectivity index (χ1v) is 10.1. The van der Waals surface area contributed by atoms with Gasteiger partial charge < -0.3 is 10.4 Å². The molecule has 1 amide bonds. The summed E-state index contributed by atoms with van der Waals surface area (Å²) in [5.41, 5.74) is 3.19. The molecule has 2 N–H and O–H groups in total. The molecule has 0 aliphatic heterocycles. The maximum Gasteiger partial charge on any atom is 0.251 e. The molecule has 3 rings (SSSR count). The molecular weight excluding hydrogens is 378 g/mol. The van der Waals surface area contributed by atoms with Crippen LogP contribution in [0, 0.1) is 6.92 Å². The van der Waals surface area contributed by atoms with Crippen LogP contribution < -0.4 is 5.32 Å². The third-order valence-corrected chi connectivity index (χ3v) is 5.23. The van der Waals surface area contributed by atoms with Gasteiger partial charge in [0.2, 0.25) is 0 Å². The molecule has 2 aromatic carbocycles. The molecule has 0 saturated heterocycles. The molecule has 7 heteroatoms. The monoisotopic (exact) mass is 407 g/mol. The summed E-state index contributed by atoms with van der Waals surface area (Å²) in [6.45, 7) is 11.2. The van der Waals surface area contributed by atoms with Gasteiger partial charge in [0.1, 0.15) is 0 Å². The van der Waals surface area contributed by atoms with Crippen molar-refractivity contribution < 1.29 is 9.90 Å². The number of amides is 1. The first kappa shape index (κ1) is 21.6. The van der Waals surface area contributed by atoms with Crippen LogP contribution in [0.1, 0.15) is 62.3 Å². The van der Waals surface area contributed by atoms with Gasteiger partial charge in [0.25, 0.3) is 5.91 Å². The Morgan fingerprint density at radius 1 is 1.07 bits per heavy atom. The van der Waals surface area contributed by atoms with E-state index in [1.807, 2.05) is 57.2 Å². The highest BCUT2D eigenvalue weighted by molar-refractivity contribution is 5.96. The molecule has 3 aromatic rings. The van der Waals surface area contributed by atoms with Crippen molar-refractivity contribution in [2.24, 2.45) is 0 Å². The van der Waals surface area contributed by atoms with Gasteiger partial charge in [-0.05, 0) is 67.4 Å². The molecule has 0 unspecified atom stereocenters. The van der Waals surface area contributed by atoms with Crippen LogP contribution >= 0.6 is 0 Å². The van der Waals surface area contributed by atoms with Crippen molar-refractivity contribution in [3.05, 3.63) is 59.4 Å². The summed E-state index contributed by atoms with van der Waals surface area (Å²) in [7, 11) is 0. The number of nitrogens with one attached hydrogen (secondary N) is 1. The SMILES string of the molecule is Cc1ccc(-c2cc(C(=O)N[C@@H](C)C(C)(C)O)cc(-n3nnnc3C(C)C)c2)cc1. The first-order valence-electron chi connectivity index (χ1n) is 10.1. The van der Waals surface area contributed by atoms with Crippen molar-refractivity contribution in [1.29, 1.82) is 0 Å². The van der Waals surface area contributed by atoms with Crippen molar-refractivity contribution in [3.8, 4) is 16.8 Å². The zero-order chi connectivity index (χ0) is 22.1. The number of carbonyl (C=O) groups excluding carboxylic acids is 1. The van der Waals surface area contributed by atoms with Crippen molar-refractivity contribution in [2.45, 2.75) is 59.1 Å². The van der Waals surface area contributed by atoms with Crippen LogP contribution in [0.4, 0.5) is 0 Å². The van der Waals surface area contributed by atoms with Gasteiger partial charge in [-0.15, -0.1) is 5.10 Å². The quantitative estimate of drug-likeness (QED) is 0.651. The Labute approximate surface area is 177 Å². The lowest BCUT2D eigenvalue weighted by molar-refractivity contribution is 0.0409. The fourth-order valence-corrected chi connectivity index (χ4v) is 2.97. The number of hydrogen-bond donors (Lipinski definition) is 2. The maximum atomic E-state index is 13.0. The summed E-state index contributed by atoms with van der Waals surface area (Å²) in [5.74, 6) is 0.571. The Morgan fingerprint density at radius 2 is 1.73 bits per heavy atom. The third kappa shape index (κ3) is 4.74. The molecule has 158 valence electrons. The zero-order valence-corrected chi connectivity index (χ0v) is 18.3. The molecule has 1 aromatic heterocycles. The number of hydrogen-bond acceptors (Lipinski definition) is 5. The minimum absolute atomic E-state index is 0.121. The predicted molar refractivity (Wildman–Crippen MR) is 117 cm³/mol. The van der Waals surface area contributed by atoms with E-state index in [9.17, 15) is 9.90 Å². The van der Waals surface area contributed by atoms with Crippen LogP contribution in [-0.4, -0.2) is 42.9 Å². The average Bonchev–Trinajstić information content (AvgIpc) is 3.17. The van der Waals surface area contributed by atoms with Crippen LogP contribution in [0.2, 0.25) is 0 Å². The van der Waals surface area contributed by atoms with E-state index in [1.54, 1.807) is 31.5 Å². The van der Waals surface area contributed by atoms with E-state index in [4.69, 9.17) is 0 Å². The molecular formula is C23H29N5O2. The van der Waals surface area contributed by atoms with Gasteiger partial charge in [0.05, 0.1) is 17.3 Å². The number of rotatable bonds is 6. The molecule has 30 heavy (non-hydrogen) atoms. The summed E-state index contributed by atoms with van der Waals surface area (Å²) in [6.07, 6.45) is 0. The van der Waals surface area contributed by atoms with Gasteiger partial charge >= 0.3 is 0 Å². The normalized spacial score (nSPS) is 12.8. The van der Waals surface area contributed by atoms with Crippen LogP contribution in [0.15, 0.2) is 42.5 Å². The topological polar surface area (TPSA) is 92.9 Å². The van der Waals surface area contributed by atoms with E-state index in [0.717, 1.165) is 16.7 Å². The number of tetrazole rings is 1. The van der Waals surface area contributed by atoms with E-state index >= 15 is 0 Å². The fourth-order valence-electron chi connectivity index (χ4n) is 2.97. The molecule has 0 radical (unpaired) electrons. The number of carbonyl (C=O) groups is 1. The van der Waals surface area contributed by atoms with Gasteiger partial charge in [-0.2, -0.15) is 4.68 Å². The molecule has 1 heterocycles. The number of nitrogens with zero attached hydrogens (tertiary/aromatic N) is 4. The lowest BCUT2D eigenvalue weighted by Crippen LogP contribution is -2.47. The van der Waals surface area contributed by atoms with Crippen LogP contribution in [0.5, 0.6) is 0 Å². The van der Waals surface area contributed by atoms with Gasteiger partial charge in [0, 0.05) is 11.5 Å². The fraction of sp³-hybridized carbons (Fsp3) is 0.391. The van der Waals surface area contributed by atoms with Crippen molar-refractivity contribution in [1.82, 2.24) is 25.5 Å². The predicted octanol–water partition coefficient (Wildman–Crippen LogP) is 3.65. The largest absolute Gasteiger partial charge is 0.388 e. The number of aliphatic hydroxyl groups is 1. The Morgan fingerprint density at radius 3 is 2.33 bits per heavy atom. The standard InChI is InChI=1S/C23H29N5O2/c1-14(2)21-25-26-27-28(21)20-12-18(17-9-7-15(3)8-10-17)11-19(13-20)22(29)24-16(4)23(5,6)30/h7-14,16,30H,1-6H3,(H,24,29)/t16-/m0/s1. The smallest absolute Gasteiger partial charge is 0.251 e. The van der Waals surface area contributed by atoms with Crippen molar-refractivity contribution in [2.75, 3.05) is 0 Å². The highest BCUT2D eigenvalue weighted by Gasteiger charge is 2.25. The zero-order valence-electron chi connectivity index (χ0n) is 18.3. The summed E-state index contributed by atoms with van der Waals surface area (Å²) < 4.78 is 1.67. The molecule has 0 bridgehead atoms. The minimum Gasteiger partial charge on any atom is -0.388 e. The molecule has 1 atom stereocenters. The number of aryl methyl sites for hydroxylation is 1. The summed E-state index contributed by atoms with van der Waals surface area (Å²) in [6, 6.07) is 13.3. The van der Waals surface area contributed by atoms with E-state index in [2.05, 4.69) is 20.8 Å². The molecule has 0 aliphatic rings. The Kier molecular flexibility index (Phi) is 6.03. The second kappa shape index (κ2) is 8.36. The van der Waals surface area contributed by atoms with Gasteiger partial charge in [-0.25, -0.2) is 0 Å². The Bertz CT molecular complexity index is 1030. The average molecular weight is 408 g/mol. The third-order valence-electron chi connectivity index (χ3n) is 5.23. The lowest BCUT2D eigenvalue weighted by Gasteiger charge is -2.26. The molecule has 0 aliphatic carbocycles. The maximum absolute atomic E-state index is 13.0. The lowest BCUT2D eigenvalue weighted by atomic mass is 9.98. The molecule has 0 spiro atoms. The van der Waals surface area contributed by atoms with E-state index < -0.39 is 11.6 Å². The number of aromatic nitrogens is 4. The molecule has 7 nitrogen and oxygen atoms in total. The highest BCUT2D eigenvalue weighted by atomic mass is 16.3. The second-order valence-electron chi connectivity index (χ2n) is 8.59. The van der Waals surface area contributed by atoms with E-state index in [0.29, 0.717) is 17.1 Å². The summed E-state index contributed by atoms with van der Waals surface area (Å²) in [4.78, 5) is 13.0. The minimum atomic E-state index is -1.03. The van der Waals surface area contributed by atoms with Crippen molar-refractivity contribution >= 4 is 5.91 Å². The second-order valence-corrected chi connectivity index (χ2v) is 8.59. The Balaban J connectivity index is 2.10. The highest BCUT2D eigenvalue weighted by Crippen LogP contribution is 2.26. The molecule has 0 fully saturated rings. The van der Waals surface area contributed by atoms with Crippen molar-refractivity contribution in [3.63, 3.8) is 0 Å². The number of benzene rings is 2.